The van der Waals surface area contributed by atoms with Gasteiger partial charge in [-0.25, -0.2) is 4.98 Å². The number of ether oxygens (including phenoxy) is 1. The third-order valence-corrected chi connectivity index (χ3v) is 2.31. The fourth-order valence-corrected chi connectivity index (χ4v) is 1.53. The van der Waals surface area contributed by atoms with Crippen molar-refractivity contribution in [3.05, 3.63) is 12.2 Å². The highest BCUT2D eigenvalue weighted by Gasteiger charge is 2.25. The van der Waals surface area contributed by atoms with E-state index in [0.29, 0.717) is 19.4 Å². The lowest BCUT2D eigenvalue weighted by Gasteiger charge is -2.24. The lowest BCUT2D eigenvalue weighted by Crippen LogP contribution is -2.46. The van der Waals surface area contributed by atoms with Gasteiger partial charge in [-0.05, 0) is 6.42 Å². The minimum Gasteiger partial charge on any atom is -0.362 e. The fourth-order valence-electron chi connectivity index (χ4n) is 1.53. The molecule has 1 aliphatic heterocycles. The summed E-state index contributed by atoms with van der Waals surface area (Å²) in [5.41, 5.74) is 0. The number of nitrogens with one attached hydrogen (secondary N) is 1. The Morgan fingerprint density at radius 3 is 2.75 bits per heavy atom. The van der Waals surface area contributed by atoms with E-state index in [-0.39, 0.29) is 25.0 Å². The van der Waals surface area contributed by atoms with Gasteiger partial charge in [0.25, 0.3) is 11.8 Å². The van der Waals surface area contributed by atoms with E-state index in [1.165, 1.54) is 11.2 Å². The van der Waals surface area contributed by atoms with Gasteiger partial charge in [-0.1, -0.05) is 0 Å². The van der Waals surface area contributed by atoms with Gasteiger partial charge in [0.2, 0.25) is 0 Å². The summed E-state index contributed by atoms with van der Waals surface area (Å²) in [6.45, 7) is 0.393. The van der Waals surface area contributed by atoms with Crippen molar-refractivity contribution < 1.29 is 14.3 Å². The van der Waals surface area contributed by atoms with Gasteiger partial charge in [0.15, 0.2) is 0 Å². The van der Waals surface area contributed by atoms with E-state index in [4.69, 9.17) is 4.74 Å². The van der Waals surface area contributed by atoms with Crippen molar-refractivity contribution in [3.8, 4) is 0 Å². The molecule has 2 rings (SSSR count). The van der Waals surface area contributed by atoms with Crippen molar-refractivity contribution >= 4 is 11.8 Å². The van der Waals surface area contributed by atoms with E-state index in [9.17, 15) is 9.59 Å². The maximum atomic E-state index is 11.3. The summed E-state index contributed by atoms with van der Waals surface area (Å²) in [5, 5.41) is 6.44. The minimum absolute atomic E-state index is 0.00591. The highest BCUT2D eigenvalue weighted by molar-refractivity contribution is 5.98. The van der Waals surface area contributed by atoms with E-state index < -0.39 is 0 Å². The molecule has 1 aliphatic rings. The van der Waals surface area contributed by atoms with Gasteiger partial charge >= 0.3 is 0 Å². The molecule has 2 heterocycles. The molecule has 1 aromatic rings. The Morgan fingerprint density at radius 1 is 1.38 bits per heavy atom. The molecule has 0 atom stereocenters. The van der Waals surface area contributed by atoms with Crippen LogP contribution in [0, 0.1) is 0 Å². The van der Waals surface area contributed by atoms with E-state index >= 15 is 0 Å². The van der Waals surface area contributed by atoms with Crippen LogP contribution < -0.4 is 0 Å². The van der Waals surface area contributed by atoms with Crippen molar-refractivity contribution in [3.63, 3.8) is 0 Å². The molecule has 1 N–H and O–H groups in total. The SMILES string of the molecule is O=C1COCC(=O)N1CCCc1ncn[nH]1. The molecule has 2 amide bonds. The molecule has 0 bridgehead atoms. The van der Waals surface area contributed by atoms with E-state index in [0.717, 1.165) is 5.82 Å². The molecular formula is C9H12N4O3. The van der Waals surface area contributed by atoms with Gasteiger partial charge in [0, 0.05) is 13.0 Å². The van der Waals surface area contributed by atoms with Crippen LogP contribution in [0.5, 0.6) is 0 Å². The summed E-state index contributed by atoms with van der Waals surface area (Å²) in [4.78, 5) is 27.9. The molecule has 0 saturated carbocycles. The highest BCUT2D eigenvalue weighted by Crippen LogP contribution is 2.03. The van der Waals surface area contributed by atoms with Crippen LogP contribution in [0.2, 0.25) is 0 Å². The standard InChI is InChI=1S/C9H12N4O3/c14-8-4-16-5-9(15)13(8)3-1-2-7-10-6-11-12-7/h6H,1-5H2,(H,10,11,12). The Balaban J connectivity index is 1.80. The van der Waals surface area contributed by atoms with E-state index in [1.807, 2.05) is 0 Å². The monoisotopic (exact) mass is 224 g/mol. The van der Waals surface area contributed by atoms with Gasteiger partial charge in [-0.3, -0.25) is 19.6 Å². The van der Waals surface area contributed by atoms with Gasteiger partial charge in [-0.2, -0.15) is 5.10 Å². The number of rotatable bonds is 4. The zero-order valence-electron chi connectivity index (χ0n) is 8.68. The molecule has 1 saturated heterocycles. The van der Waals surface area contributed by atoms with Crippen LogP contribution >= 0.6 is 0 Å². The summed E-state index contributed by atoms with van der Waals surface area (Å²) < 4.78 is 4.81. The molecule has 1 fully saturated rings. The van der Waals surface area contributed by atoms with Crippen LogP contribution in [-0.2, 0) is 20.7 Å². The normalized spacial score (nSPS) is 16.9. The Hall–Kier alpha value is -1.76. The number of H-pyrrole nitrogens is 1. The van der Waals surface area contributed by atoms with Crippen molar-refractivity contribution in [2.24, 2.45) is 0 Å². The fraction of sp³-hybridized carbons (Fsp3) is 0.556. The topological polar surface area (TPSA) is 88.2 Å². The lowest BCUT2D eigenvalue weighted by atomic mass is 10.2. The van der Waals surface area contributed by atoms with Crippen LogP contribution in [0.1, 0.15) is 12.2 Å². The molecule has 0 aromatic carbocycles. The summed E-state index contributed by atoms with van der Waals surface area (Å²) in [5.74, 6) is 0.218. The van der Waals surface area contributed by atoms with Crippen LogP contribution in [0.4, 0.5) is 0 Å². The lowest BCUT2D eigenvalue weighted by molar-refractivity contribution is -0.158. The Kier molecular flexibility index (Phi) is 3.25. The molecule has 7 heteroatoms. The highest BCUT2D eigenvalue weighted by atomic mass is 16.5. The van der Waals surface area contributed by atoms with Gasteiger partial charge in [-0.15, -0.1) is 0 Å². The largest absolute Gasteiger partial charge is 0.362 e. The maximum absolute atomic E-state index is 11.3. The Labute approximate surface area is 91.8 Å². The van der Waals surface area contributed by atoms with Crippen molar-refractivity contribution in [1.29, 1.82) is 0 Å². The second kappa shape index (κ2) is 4.84. The number of carbonyl (C=O) groups is 2. The summed E-state index contributed by atoms with van der Waals surface area (Å²) >= 11 is 0. The Bertz CT molecular complexity index is 360. The van der Waals surface area contributed by atoms with Gasteiger partial charge in [0.05, 0.1) is 0 Å². The number of aryl methyl sites for hydroxylation is 1. The van der Waals surface area contributed by atoms with Crippen LogP contribution in [0.25, 0.3) is 0 Å². The molecule has 86 valence electrons. The molecule has 0 radical (unpaired) electrons. The molecule has 0 unspecified atom stereocenters. The van der Waals surface area contributed by atoms with Crippen molar-refractivity contribution in [2.45, 2.75) is 12.8 Å². The van der Waals surface area contributed by atoms with Crippen molar-refractivity contribution in [2.75, 3.05) is 19.8 Å². The number of hydrogen-bond acceptors (Lipinski definition) is 5. The first-order valence-electron chi connectivity index (χ1n) is 5.02. The Morgan fingerprint density at radius 2 is 2.12 bits per heavy atom. The van der Waals surface area contributed by atoms with Crippen LogP contribution in [0.15, 0.2) is 6.33 Å². The number of aromatic amines is 1. The smallest absolute Gasteiger partial charge is 0.255 e. The third-order valence-electron chi connectivity index (χ3n) is 2.31. The predicted octanol–water partition coefficient (Wildman–Crippen LogP) is -0.877. The molecule has 16 heavy (non-hydrogen) atoms. The van der Waals surface area contributed by atoms with Gasteiger partial charge < -0.3 is 4.74 Å². The molecule has 0 aliphatic carbocycles. The summed E-state index contributed by atoms with van der Waals surface area (Å²) in [6.07, 6.45) is 2.77. The van der Waals surface area contributed by atoms with E-state index in [1.54, 1.807) is 0 Å². The number of nitrogens with zero attached hydrogens (tertiary/aromatic N) is 3. The first-order chi connectivity index (χ1) is 7.77. The van der Waals surface area contributed by atoms with Crippen LogP contribution in [-0.4, -0.2) is 51.7 Å². The quantitative estimate of drug-likeness (QED) is 0.671. The number of amides is 2. The second-order valence-electron chi connectivity index (χ2n) is 3.47. The van der Waals surface area contributed by atoms with Crippen LogP contribution in [0.3, 0.4) is 0 Å². The van der Waals surface area contributed by atoms with Crippen molar-refractivity contribution in [1.82, 2.24) is 20.1 Å². The number of hydrogen-bond donors (Lipinski definition) is 1. The predicted molar refractivity (Wildman–Crippen MR) is 52.2 cm³/mol. The molecular weight excluding hydrogens is 212 g/mol. The first-order valence-corrected chi connectivity index (χ1v) is 5.02. The first kappa shape index (κ1) is 10.7. The van der Waals surface area contributed by atoms with Gasteiger partial charge in [0.1, 0.15) is 25.4 Å². The number of aromatic nitrogens is 3. The molecule has 0 spiro atoms. The summed E-state index contributed by atoms with van der Waals surface area (Å²) in [6, 6.07) is 0. The molecule has 1 aromatic heterocycles. The maximum Gasteiger partial charge on any atom is 0.255 e. The average Bonchev–Trinajstić information content (AvgIpc) is 2.75. The minimum atomic E-state index is -0.270. The van der Waals surface area contributed by atoms with E-state index in [2.05, 4.69) is 15.2 Å². The average molecular weight is 224 g/mol. The third kappa shape index (κ3) is 2.43. The second-order valence-corrected chi connectivity index (χ2v) is 3.47. The summed E-state index contributed by atoms with van der Waals surface area (Å²) in [7, 11) is 0. The number of carbonyl (C=O) groups excluding carboxylic acids is 2. The number of morpholine rings is 1. The number of imide groups is 1. The zero-order valence-corrected chi connectivity index (χ0v) is 8.68. The molecule has 7 nitrogen and oxygen atoms in total. The zero-order chi connectivity index (χ0) is 11.4.